The van der Waals surface area contributed by atoms with E-state index < -0.39 is 11.9 Å². The van der Waals surface area contributed by atoms with Crippen molar-refractivity contribution in [2.75, 3.05) is 11.9 Å². The highest BCUT2D eigenvalue weighted by molar-refractivity contribution is 5.95. The SMILES string of the molecule is O=C(COC(=O)CCCc1nc2ccccc2c(=O)[nH]1)Nc1ccc2ccccc2c1. The maximum Gasteiger partial charge on any atom is 0.306 e. The molecule has 1 aromatic heterocycles. The summed E-state index contributed by atoms with van der Waals surface area (Å²) in [5.41, 5.74) is 1.06. The number of ether oxygens (including phenoxy) is 1. The number of nitrogens with zero attached hydrogens (tertiary/aromatic N) is 1. The number of H-pyrrole nitrogens is 1. The fraction of sp³-hybridized carbons (Fsp3) is 0.167. The Labute approximate surface area is 178 Å². The van der Waals surface area contributed by atoms with E-state index in [0.29, 0.717) is 35.3 Å². The van der Waals surface area contributed by atoms with Gasteiger partial charge in [0.15, 0.2) is 6.61 Å². The van der Waals surface area contributed by atoms with Crippen LogP contribution in [-0.4, -0.2) is 28.5 Å². The summed E-state index contributed by atoms with van der Waals surface area (Å²) in [6.45, 7) is -0.350. The minimum atomic E-state index is -0.475. The van der Waals surface area contributed by atoms with E-state index in [9.17, 15) is 14.4 Å². The van der Waals surface area contributed by atoms with Gasteiger partial charge in [-0.05, 0) is 41.5 Å². The molecule has 1 heterocycles. The molecule has 0 aliphatic heterocycles. The van der Waals surface area contributed by atoms with Crippen LogP contribution in [0.5, 0.6) is 0 Å². The fourth-order valence-electron chi connectivity index (χ4n) is 3.34. The van der Waals surface area contributed by atoms with Gasteiger partial charge in [0.1, 0.15) is 5.82 Å². The number of amides is 1. The highest BCUT2D eigenvalue weighted by Gasteiger charge is 2.10. The number of carbonyl (C=O) groups is 2. The van der Waals surface area contributed by atoms with Crippen LogP contribution in [0.1, 0.15) is 18.7 Å². The van der Waals surface area contributed by atoms with E-state index in [4.69, 9.17) is 4.74 Å². The summed E-state index contributed by atoms with van der Waals surface area (Å²) in [7, 11) is 0. The van der Waals surface area contributed by atoms with E-state index in [0.717, 1.165) is 10.8 Å². The van der Waals surface area contributed by atoms with Crippen LogP contribution >= 0.6 is 0 Å². The lowest BCUT2D eigenvalue weighted by molar-refractivity contribution is -0.147. The van der Waals surface area contributed by atoms with Crippen molar-refractivity contribution in [3.63, 3.8) is 0 Å². The van der Waals surface area contributed by atoms with Gasteiger partial charge in [0, 0.05) is 18.5 Å². The molecule has 0 aliphatic rings. The third-order valence-corrected chi connectivity index (χ3v) is 4.85. The standard InChI is InChI=1S/C24H21N3O4/c28-22(25-18-13-12-16-6-1-2-7-17(16)14-18)15-31-23(29)11-5-10-21-26-20-9-4-3-8-19(20)24(30)27-21/h1-4,6-9,12-14H,5,10-11,15H2,(H,25,28)(H,26,27,30). The number of aryl methyl sites for hydroxylation is 1. The zero-order chi connectivity index (χ0) is 21.6. The average Bonchev–Trinajstić information content (AvgIpc) is 2.78. The molecule has 156 valence electrons. The lowest BCUT2D eigenvalue weighted by atomic mass is 10.1. The van der Waals surface area contributed by atoms with Crippen LogP contribution in [0.2, 0.25) is 0 Å². The van der Waals surface area contributed by atoms with Crippen molar-refractivity contribution < 1.29 is 14.3 Å². The summed E-state index contributed by atoms with van der Waals surface area (Å²) < 4.78 is 5.05. The first-order chi connectivity index (χ1) is 15.1. The molecular formula is C24H21N3O4. The molecule has 7 heteroatoms. The normalized spacial score (nSPS) is 10.8. The maximum absolute atomic E-state index is 12.1. The molecule has 2 N–H and O–H groups in total. The van der Waals surface area contributed by atoms with Gasteiger partial charge in [0.05, 0.1) is 10.9 Å². The van der Waals surface area contributed by atoms with Crippen molar-refractivity contribution in [2.45, 2.75) is 19.3 Å². The lowest BCUT2D eigenvalue weighted by Crippen LogP contribution is -2.21. The van der Waals surface area contributed by atoms with Crippen molar-refractivity contribution in [1.82, 2.24) is 9.97 Å². The number of hydrogen-bond donors (Lipinski definition) is 2. The summed E-state index contributed by atoms with van der Waals surface area (Å²) in [5.74, 6) is -0.355. The molecule has 4 rings (SSSR count). The van der Waals surface area contributed by atoms with Gasteiger partial charge in [0.2, 0.25) is 0 Å². The minimum absolute atomic E-state index is 0.125. The number of aromatic nitrogens is 2. The summed E-state index contributed by atoms with van der Waals surface area (Å²) in [6, 6.07) is 20.5. The predicted molar refractivity (Wildman–Crippen MR) is 119 cm³/mol. The first kappa shape index (κ1) is 20.3. The number of para-hydroxylation sites is 1. The monoisotopic (exact) mass is 415 g/mol. The molecule has 0 fully saturated rings. The Bertz CT molecular complexity index is 1310. The highest BCUT2D eigenvalue weighted by Crippen LogP contribution is 2.18. The second kappa shape index (κ2) is 9.21. The van der Waals surface area contributed by atoms with E-state index >= 15 is 0 Å². The van der Waals surface area contributed by atoms with Gasteiger partial charge < -0.3 is 15.0 Å². The molecule has 0 saturated heterocycles. The first-order valence-corrected chi connectivity index (χ1v) is 10.0. The molecule has 3 aromatic carbocycles. The molecule has 0 unspecified atom stereocenters. The second-order valence-electron chi connectivity index (χ2n) is 7.15. The Kier molecular flexibility index (Phi) is 6.03. The molecule has 0 aliphatic carbocycles. The van der Waals surface area contributed by atoms with Crippen LogP contribution in [0.3, 0.4) is 0 Å². The maximum atomic E-state index is 12.1. The van der Waals surface area contributed by atoms with Crippen molar-refractivity contribution in [3.8, 4) is 0 Å². The van der Waals surface area contributed by atoms with Crippen molar-refractivity contribution in [3.05, 3.63) is 82.9 Å². The third-order valence-electron chi connectivity index (χ3n) is 4.85. The molecule has 1 amide bonds. The topological polar surface area (TPSA) is 101 Å². The van der Waals surface area contributed by atoms with E-state index in [-0.39, 0.29) is 18.6 Å². The highest BCUT2D eigenvalue weighted by atomic mass is 16.5. The summed E-state index contributed by atoms with van der Waals surface area (Å²) >= 11 is 0. The van der Waals surface area contributed by atoms with Crippen molar-refractivity contribution >= 4 is 39.2 Å². The Balaban J connectivity index is 1.23. The molecule has 0 radical (unpaired) electrons. The molecule has 7 nitrogen and oxygen atoms in total. The number of carbonyl (C=O) groups excluding carboxylic acids is 2. The molecule has 0 spiro atoms. The van der Waals surface area contributed by atoms with Crippen LogP contribution < -0.4 is 10.9 Å². The van der Waals surface area contributed by atoms with Crippen molar-refractivity contribution in [2.24, 2.45) is 0 Å². The van der Waals surface area contributed by atoms with Gasteiger partial charge in [-0.3, -0.25) is 14.4 Å². The van der Waals surface area contributed by atoms with Crippen LogP contribution in [0.4, 0.5) is 5.69 Å². The quantitative estimate of drug-likeness (QED) is 0.449. The number of benzene rings is 3. The van der Waals surface area contributed by atoms with Crippen molar-refractivity contribution in [1.29, 1.82) is 0 Å². The Morgan fingerprint density at radius 2 is 1.74 bits per heavy atom. The molecule has 31 heavy (non-hydrogen) atoms. The number of nitrogens with one attached hydrogen (secondary N) is 2. The van der Waals surface area contributed by atoms with E-state index in [2.05, 4.69) is 15.3 Å². The van der Waals surface area contributed by atoms with E-state index in [1.54, 1.807) is 24.3 Å². The Hall–Kier alpha value is -4.00. The molecule has 0 bridgehead atoms. The first-order valence-electron chi connectivity index (χ1n) is 10.0. The predicted octanol–water partition coefficient (Wildman–Crippen LogP) is 3.58. The zero-order valence-corrected chi connectivity index (χ0v) is 16.8. The van der Waals surface area contributed by atoms with Gasteiger partial charge in [-0.2, -0.15) is 0 Å². The molecular weight excluding hydrogens is 394 g/mol. The average molecular weight is 415 g/mol. The molecule has 0 atom stereocenters. The Morgan fingerprint density at radius 3 is 2.61 bits per heavy atom. The number of esters is 1. The number of fused-ring (bicyclic) bond motifs is 2. The van der Waals surface area contributed by atoms with Crippen LogP contribution in [0.15, 0.2) is 71.5 Å². The van der Waals surface area contributed by atoms with Gasteiger partial charge in [-0.15, -0.1) is 0 Å². The van der Waals surface area contributed by atoms with Crippen LogP contribution in [-0.2, 0) is 20.7 Å². The Morgan fingerprint density at radius 1 is 0.968 bits per heavy atom. The van der Waals surface area contributed by atoms with Gasteiger partial charge in [-0.25, -0.2) is 4.98 Å². The molecule has 0 saturated carbocycles. The zero-order valence-electron chi connectivity index (χ0n) is 16.8. The smallest absolute Gasteiger partial charge is 0.306 e. The summed E-state index contributed by atoms with van der Waals surface area (Å²) in [4.78, 5) is 43.2. The van der Waals surface area contributed by atoms with E-state index in [1.807, 2.05) is 42.5 Å². The summed E-state index contributed by atoms with van der Waals surface area (Å²) in [6.07, 6.45) is 1.00. The largest absolute Gasteiger partial charge is 0.456 e. The second-order valence-corrected chi connectivity index (χ2v) is 7.15. The molecule has 4 aromatic rings. The number of aromatic amines is 1. The number of hydrogen-bond acceptors (Lipinski definition) is 5. The number of rotatable bonds is 7. The van der Waals surface area contributed by atoms with Gasteiger partial charge >= 0.3 is 5.97 Å². The summed E-state index contributed by atoms with van der Waals surface area (Å²) in [5, 5.41) is 5.35. The number of anilines is 1. The fourth-order valence-corrected chi connectivity index (χ4v) is 3.34. The van der Waals surface area contributed by atoms with E-state index in [1.165, 1.54) is 0 Å². The van der Waals surface area contributed by atoms with Gasteiger partial charge in [-0.1, -0.05) is 42.5 Å². The van der Waals surface area contributed by atoms with Crippen LogP contribution in [0.25, 0.3) is 21.7 Å². The van der Waals surface area contributed by atoms with Crippen LogP contribution in [0, 0.1) is 0 Å². The lowest BCUT2D eigenvalue weighted by Gasteiger charge is -2.08. The minimum Gasteiger partial charge on any atom is -0.456 e. The van der Waals surface area contributed by atoms with Gasteiger partial charge in [0.25, 0.3) is 11.5 Å². The third kappa shape index (κ3) is 5.14.